The van der Waals surface area contributed by atoms with Crippen molar-refractivity contribution < 1.29 is 23.8 Å². The zero-order valence-corrected chi connectivity index (χ0v) is 19.0. The Hall–Kier alpha value is -3.40. The summed E-state index contributed by atoms with van der Waals surface area (Å²) in [7, 11) is 3.02. The van der Waals surface area contributed by atoms with Crippen molar-refractivity contribution in [1.82, 2.24) is 5.43 Å². The van der Waals surface area contributed by atoms with Crippen LogP contribution < -0.4 is 19.6 Å². The van der Waals surface area contributed by atoms with Gasteiger partial charge in [0.05, 0.1) is 26.0 Å². The number of methoxy groups -OCH3 is 2. The molecule has 0 radical (unpaired) electrons. The Bertz CT molecular complexity index is 1110. The van der Waals surface area contributed by atoms with Crippen LogP contribution in [0.1, 0.15) is 26.3 Å². The van der Waals surface area contributed by atoms with E-state index in [1.165, 1.54) is 20.4 Å². The molecule has 8 heteroatoms. The van der Waals surface area contributed by atoms with Gasteiger partial charge in [-0.25, -0.2) is 10.2 Å². The van der Waals surface area contributed by atoms with Gasteiger partial charge in [-0.1, -0.05) is 12.1 Å². The molecule has 0 aliphatic rings. The number of nitrogens with zero attached hydrogens (tertiary/aromatic N) is 1. The Morgan fingerprint density at radius 2 is 1.65 bits per heavy atom. The number of esters is 1. The lowest BCUT2D eigenvalue weighted by atomic mass is 10.2. The minimum Gasteiger partial charge on any atom is -0.493 e. The topological polar surface area (TPSA) is 86.2 Å². The summed E-state index contributed by atoms with van der Waals surface area (Å²) in [5.41, 5.74) is 4.07. The van der Waals surface area contributed by atoms with Crippen LogP contribution >= 0.6 is 22.6 Å². The number of rotatable bonds is 7. The van der Waals surface area contributed by atoms with E-state index < -0.39 is 5.97 Å². The standard InChI is InChI=1S/C23H19IN2O5/c1-29-20-12-9-16(13-21(20)30-2)22(27)26-25-14-15-7-10-17(11-8-15)31-23(28)18-5-3-4-6-19(18)24/h3-14H,1-2H3,(H,26,27). The molecule has 31 heavy (non-hydrogen) atoms. The molecule has 0 saturated carbocycles. The zero-order valence-electron chi connectivity index (χ0n) is 16.8. The average Bonchev–Trinajstić information content (AvgIpc) is 2.79. The van der Waals surface area contributed by atoms with Crippen molar-refractivity contribution in [2.45, 2.75) is 0 Å². The predicted molar refractivity (Wildman–Crippen MR) is 125 cm³/mol. The van der Waals surface area contributed by atoms with E-state index >= 15 is 0 Å². The molecule has 0 aromatic heterocycles. The summed E-state index contributed by atoms with van der Waals surface area (Å²) in [6.07, 6.45) is 1.49. The van der Waals surface area contributed by atoms with Crippen LogP contribution in [0.25, 0.3) is 0 Å². The van der Waals surface area contributed by atoms with E-state index in [0.29, 0.717) is 28.4 Å². The van der Waals surface area contributed by atoms with Crippen molar-refractivity contribution in [2.75, 3.05) is 14.2 Å². The van der Waals surface area contributed by atoms with E-state index in [1.54, 1.807) is 54.6 Å². The summed E-state index contributed by atoms with van der Waals surface area (Å²) in [6.45, 7) is 0. The van der Waals surface area contributed by atoms with Gasteiger partial charge < -0.3 is 14.2 Å². The zero-order chi connectivity index (χ0) is 22.2. The first-order chi connectivity index (χ1) is 15.0. The number of carbonyl (C=O) groups excluding carboxylic acids is 2. The van der Waals surface area contributed by atoms with Crippen molar-refractivity contribution >= 4 is 40.7 Å². The van der Waals surface area contributed by atoms with E-state index in [4.69, 9.17) is 14.2 Å². The lowest BCUT2D eigenvalue weighted by Gasteiger charge is -2.08. The second-order valence-electron chi connectivity index (χ2n) is 6.21. The molecule has 0 fully saturated rings. The van der Waals surface area contributed by atoms with Crippen LogP contribution in [-0.4, -0.2) is 32.3 Å². The highest BCUT2D eigenvalue weighted by atomic mass is 127. The van der Waals surface area contributed by atoms with Gasteiger partial charge in [0.2, 0.25) is 0 Å². The van der Waals surface area contributed by atoms with Crippen LogP contribution in [0.4, 0.5) is 0 Å². The molecule has 0 bridgehead atoms. The molecular formula is C23H19IN2O5. The lowest BCUT2D eigenvalue weighted by molar-refractivity contribution is 0.0733. The first kappa shape index (κ1) is 22.3. The second-order valence-corrected chi connectivity index (χ2v) is 7.37. The van der Waals surface area contributed by atoms with Gasteiger partial charge in [-0.2, -0.15) is 5.10 Å². The minimum absolute atomic E-state index is 0.382. The molecule has 3 rings (SSSR count). The van der Waals surface area contributed by atoms with E-state index in [-0.39, 0.29) is 5.91 Å². The third-order valence-electron chi connectivity index (χ3n) is 4.21. The van der Waals surface area contributed by atoms with Gasteiger partial charge in [0.15, 0.2) is 11.5 Å². The SMILES string of the molecule is COc1ccc(C(=O)NN=Cc2ccc(OC(=O)c3ccccc3I)cc2)cc1OC. The molecule has 0 aliphatic heterocycles. The summed E-state index contributed by atoms with van der Waals surface area (Å²) in [5, 5.41) is 3.96. The molecule has 0 atom stereocenters. The van der Waals surface area contributed by atoms with Gasteiger partial charge >= 0.3 is 5.97 Å². The number of nitrogens with one attached hydrogen (secondary N) is 1. The first-order valence-corrected chi connectivity index (χ1v) is 10.2. The lowest BCUT2D eigenvalue weighted by Crippen LogP contribution is -2.17. The van der Waals surface area contributed by atoms with Crippen LogP contribution in [-0.2, 0) is 0 Å². The highest BCUT2D eigenvalue weighted by Gasteiger charge is 2.12. The summed E-state index contributed by atoms with van der Waals surface area (Å²) >= 11 is 2.09. The molecule has 0 heterocycles. The Morgan fingerprint density at radius 1 is 0.935 bits per heavy atom. The second kappa shape index (κ2) is 10.6. The van der Waals surface area contributed by atoms with Gasteiger partial charge in [0.1, 0.15) is 5.75 Å². The van der Waals surface area contributed by atoms with Crippen LogP contribution in [0.5, 0.6) is 17.2 Å². The Labute approximate surface area is 193 Å². The van der Waals surface area contributed by atoms with Crippen LogP contribution in [0.3, 0.4) is 0 Å². The van der Waals surface area contributed by atoms with Crippen molar-refractivity contribution in [2.24, 2.45) is 5.10 Å². The number of benzene rings is 3. The van der Waals surface area contributed by atoms with E-state index in [9.17, 15) is 9.59 Å². The number of hydrogen-bond acceptors (Lipinski definition) is 6. The smallest absolute Gasteiger partial charge is 0.344 e. The van der Waals surface area contributed by atoms with Crippen LogP contribution in [0, 0.1) is 3.57 Å². The fourth-order valence-electron chi connectivity index (χ4n) is 2.62. The van der Waals surface area contributed by atoms with Crippen molar-refractivity contribution in [1.29, 1.82) is 0 Å². The Kier molecular flexibility index (Phi) is 7.60. The molecule has 0 unspecified atom stereocenters. The molecule has 7 nitrogen and oxygen atoms in total. The first-order valence-electron chi connectivity index (χ1n) is 9.14. The summed E-state index contributed by atoms with van der Waals surface area (Å²) in [5.74, 6) is 0.588. The number of hydrazone groups is 1. The average molecular weight is 530 g/mol. The van der Waals surface area contributed by atoms with Gasteiger partial charge in [0.25, 0.3) is 5.91 Å². The van der Waals surface area contributed by atoms with Crippen molar-refractivity contribution in [3.63, 3.8) is 0 Å². The van der Waals surface area contributed by atoms with Crippen LogP contribution in [0.15, 0.2) is 71.8 Å². The highest BCUT2D eigenvalue weighted by Crippen LogP contribution is 2.27. The predicted octanol–water partition coefficient (Wildman–Crippen LogP) is 4.29. The number of ether oxygens (including phenoxy) is 3. The number of hydrogen-bond donors (Lipinski definition) is 1. The number of halogens is 1. The van der Waals surface area contributed by atoms with Crippen molar-refractivity contribution in [3.05, 3.63) is 87.0 Å². The third-order valence-corrected chi connectivity index (χ3v) is 5.15. The van der Waals surface area contributed by atoms with Gasteiger partial charge in [-0.15, -0.1) is 0 Å². The third kappa shape index (κ3) is 5.82. The molecule has 0 aliphatic carbocycles. The Balaban J connectivity index is 1.59. The maximum absolute atomic E-state index is 12.3. The molecule has 3 aromatic carbocycles. The molecule has 3 aromatic rings. The van der Waals surface area contributed by atoms with Gasteiger partial charge in [-0.05, 0) is 82.8 Å². The molecular weight excluding hydrogens is 511 g/mol. The summed E-state index contributed by atoms with van der Waals surface area (Å²) in [6, 6.07) is 18.8. The molecule has 1 N–H and O–H groups in total. The van der Waals surface area contributed by atoms with E-state index in [0.717, 1.165) is 9.13 Å². The number of carbonyl (C=O) groups is 2. The van der Waals surface area contributed by atoms with Crippen LogP contribution in [0.2, 0.25) is 0 Å². The minimum atomic E-state index is -0.423. The fraction of sp³-hybridized carbons (Fsp3) is 0.0870. The molecule has 158 valence electrons. The fourth-order valence-corrected chi connectivity index (χ4v) is 3.23. The van der Waals surface area contributed by atoms with Gasteiger partial charge in [-0.3, -0.25) is 4.79 Å². The maximum atomic E-state index is 12.3. The molecule has 0 spiro atoms. The monoisotopic (exact) mass is 530 g/mol. The highest BCUT2D eigenvalue weighted by molar-refractivity contribution is 14.1. The maximum Gasteiger partial charge on any atom is 0.344 e. The number of amides is 1. The molecule has 1 amide bonds. The van der Waals surface area contributed by atoms with Gasteiger partial charge in [0, 0.05) is 9.13 Å². The quantitative estimate of drug-likeness (QED) is 0.162. The Morgan fingerprint density at radius 3 is 2.32 bits per heavy atom. The molecule has 0 saturated heterocycles. The summed E-state index contributed by atoms with van der Waals surface area (Å²) < 4.78 is 16.6. The normalized spacial score (nSPS) is 10.5. The van der Waals surface area contributed by atoms with E-state index in [2.05, 4.69) is 33.1 Å². The summed E-state index contributed by atoms with van der Waals surface area (Å²) in [4.78, 5) is 24.5. The van der Waals surface area contributed by atoms with E-state index in [1.807, 2.05) is 12.1 Å². The largest absolute Gasteiger partial charge is 0.493 e. The van der Waals surface area contributed by atoms with Crippen molar-refractivity contribution in [3.8, 4) is 17.2 Å².